The third-order valence-electron chi connectivity index (χ3n) is 19.6. The molecule has 0 aromatic carbocycles. The van der Waals surface area contributed by atoms with Crippen LogP contribution < -0.4 is 0 Å². The van der Waals surface area contributed by atoms with Crippen LogP contribution in [0.1, 0.15) is 113 Å². The Morgan fingerprint density at radius 1 is 0.677 bits per heavy atom. The summed E-state index contributed by atoms with van der Waals surface area (Å²) in [5, 5.41) is 110. The molecule has 5 saturated heterocycles. The molecule has 10 N–H and O–H groups in total. The number of ether oxygens (including phenoxy) is 7. The van der Waals surface area contributed by atoms with Crippen LogP contribution >= 0.6 is 0 Å². The second-order valence-corrected chi connectivity index (χ2v) is 23.1. The minimum absolute atomic E-state index is 0.0209. The van der Waals surface area contributed by atoms with E-state index in [1.165, 1.54) is 6.92 Å². The van der Waals surface area contributed by atoms with Gasteiger partial charge in [-0.3, -0.25) is 4.79 Å². The van der Waals surface area contributed by atoms with E-state index < -0.39 is 138 Å². The van der Waals surface area contributed by atoms with Crippen LogP contribution in [0.25, 0.3) is 0 Å². The Balaban J connectivity index is 1.01. The Bertz CT molecular complexity index is 1880. The number of esters is 1. The lowest BCUT2D eigenvalue weighted by atomic mass is 9.33. The lowest BCUT2D eigenvalue weighted by Gasteiger charge is -2.73. The zero-order valence-corrected chi connectivity index (χ0v) is 38.9. The van der Waals surface area contributed by atoms with Crippen LogP contribution in [0.4, 0.5) is 0 Å². The van der Waals surface area contributed by atoms with Crippen molar-refractivity contribution in [1.29, 1.82) is 0 Å². The van der Waals surface area contributed by atoms with Crippen molar-refractivity contribution in [3.63, 3.8) is 0 Å². The van der Waals surface area contributed by atoms with Gasteiger partial charge in [0.15, 0.2) is 18.9 Å². The highest BCUT2D eigenvalue weighted by atomic mass is 16.8. The molecule has 9 fully saturated rings. The average Bonchev–Trinajstić information content (AvgIpc) is 3.23. The van der Waals surface area contributed by atoms with E-state index in [4.69, 9.17) is 33.2 Å². The first-order chi connectivity index (χ1) is 30.2. The van der Waals surface area contributed by atoms with Crippen LogP contribution in [-0.4, -0.2) is 180 Å². The summed E-state index contributed by atoms with van der Waals surface area (Å²) in [5.41, 5.74) is -3.28. The number of carbonyl (C=O) groups is 1. The fraction of sp³-hybridized carbons (Fsp3) is 0.936. The maximum atomic E-state index is 13.8. The molecule has 5 heterocycles. The molecule has 65 heavy (non-hydrogen) atoms. The summed E-state index contributed by atoms with van der Waals surface area (Å²) >= 11 is 0. The standard InChI is InChI=1S/C47H74O18/c1-20-27(51)29(53)31(55)37(60-20)64-34-33(63-38-32(56)30(54)28(52)24(18-48)61-38)23(50)19-59-39(34)62-26-10-11-42(4)25(41(26,2)3)9-12-44(6)36(42)22(49)17-21-35-46(8,58)45(7)14-16-47(35,40(57)65-45)15-13-43(21,44)5/h20,22-34,36-39,48-56,58H,9-19H2,1-8H3/t20-,22-,23-,24+,25-,26-,27-,28+,29+,30-,31+,32+,33-,34+,36+,37-,38-,39-,42-,43+,44+,45-,46-,47+/m0/s1. The van der Waals surface area contributed by atoms with E-state index in [0.717, 1.165) is 30.4 Å². The van der Waals surface area contributed by atoms with Gasteiger partial charge in [0.2, 0.25) is 0 Å². The van der Waals surface area contributed by atoms with Crippen LogP contribution in [0.2, 0.25) is 0 Å². The Kier molecular flexibility index (Phi) is 12.0. The molecule has 10 rings (SSSR count). The molecule has 1 spiro atoms. The zero-order chi connectivity index (χ0) is 47.4. The van der Waals surface area contributed by atoms with Gasteiger partial charge in [-0.1, -0.05) is 40.2 Å². The van der Waals surface area contributed by atoms with Gasteiger partial charge in [-0.05, 0) is 118 Å². The first-order valence-corrected chi connectivity index (χ1v) is 23.9. The number of hydrogen-bond acceptors (Lipinski definition) is 18. The summed E-state index contributed by atoms with van der Waals surface area (Å²) < 4.78 is 43.0. The molecule has 0 amide bonds. The van der Waals surface area contributed by atoms with Gasteiger partial charge in [-0.25, -0.2) is 0 Å². The van der Waals surface area contributed by atoms with Crippen molar-refractivity contribution >= 4 is 5.97 Å². The summed E-state index contributed by atoms with van der Waals surface area (Å²) in [5.74, 6) is -0.385. The van der Waals surface area contributed by atoms with Crippen molar-refractivity contribution in [3.05, 3.63) is 11.1 Å². The monoisotopic (exact) mass is 926 g/mol. The first-order valence-electron chi connectivity index (χ1n) is 23.9. The quantitative estimate of drug-likeness (QED) is 0.0918. The average molecular weight is 927 g/mol. The number of hydrogen-bond donors (Lipinski definition) is 10. The molecule has 0 aromatic rings. The minimum atomic E-state index is -1.83. The third kappa shape index (κ3) is 6.74. The highest BCUT2D eigenvalue weighted by molar-refractivity contribution is 5.86. The van der Waals surface area contributed by atoms with Crippen LogP contribution in [0.15, 0.2) is 11.1 Å². The first kappa shape index (κ1) is 48.6. The van der Waals surface area contributed by atoms with E-state index in [2.05, 4.69) is 34.6 Å². The summed E-state index contributed by atoms with van der Waals surface area (Å²) in [6, 6.07) is 0. The number of aliphatic hydroxyl groups excluding tert-OH is 9. The SMILES string of the molecule is C[C@@H]1O[C@@H](O[C@H]2[C@H](O[C@H]3CC[C@]4(C)[C@H]5[C@@H](O)CC6=C7[C@]8(CC[C@](C)(OC8=O)[C@@]7(C)O)CC[C@@]6(C)[C@]5(C)CC[C@H]4C3(C)C)OC[C@H](O)[C@@H]2O[C@@H]2O[C@H](CO)[C@@H](O)[C@H](O)[C@H]2O)[C@H](O)[C@H](O)[C@H]1O. The summed E-state index contributed by atoms with van der Waals surface area (Å²) in [7, 11) is 0. The highest BCUT2D eigenvalue weighted by Gasteiger charge is 2.75. The van der Waals surface area contributed by atoms with Gasteiger partial charge >= 0.3 is 5.97 Å². The van der Waals surface area contributed by atoms with Crippen molar-refractivity contribution in [2.75, 3.05) is 13.2 Å². The second kappa shape index (κ2) is 16.0. The molecular formula is C47H74O18. The predicted octanol–water partition coefficient (Wildman–Crippen LogP) is 0.0534. The highest BCUT2D eigenvalue weighted by Crippen LogP contribution is 2.77. The largest absolute Gasteiger partial charge is 0.455 e. The molecule has 2 bridgehead atoms. The van der Waals surface area contributed by atoms with Crippen molar-refractivity contribution in [3.8, 4) is 0 Å². The van der Waals surface area contributed by atoms with Gasteiger partial charge in [0.05, 0.1) is 36.9 Å². The molecule has 0 radical (unpaired) electrons. The van der Waals surface area contributed by atoms with Crippen molar-refractivity contribution < 1.29 is 89.0 Å². The van der Waals surface area contributed by atoms with E-state index in [1.54, 1.807) is 6.92 Å². The van der Waals surface area contributed by atoms with Gasteiger partial charge in [0, 0.05) is 0 Å². The van der Waals surface area contributed by atoms with Gasteiger partial charge in [0.25, 0.3) is 0 Å². The molecule has 18 nitrogen and oxygen atoms in total. The topological polar surface area (TPSA) is 284 Å². The van der Waals surface area contributed by atoms with Crippen molar-refractivity contribution in [1.82, 2.24) is 0 Å². The molecule has 5 aliphatic carbocycles. The van der Waals surface area contributed by atoms with E-state index in [-0.39, 0.29) is 29.8 Å². The Morgan fingerprint density at radius 3 is 1.97 bits per heavy atom. The number of aliphatic hydroxyl groups is 10. The molecule has 0 unspecified atom stereocenters. The smallest absolute Gasteiger partial charge is 0.316 e. The number of carbonyl (C=O) groups excluding carboxylic acids is 1. The lowest BCUT2D eigenvalue weighted by molar-refractivity contribution is -0.388. The van der Waals surface area contributed by atoms with E-state index in [0.29, 0.717) is 38.5 Å². The predicted molar refractivity (Wildman–Crippen MR) is 224 cm³/mol. The molecule has 5 aliphatic heterocycles. The van der Waals surface area contributed by atoms with Gasteiger partial charge in [-0.15, -0.1) is 0 Å². The molecule has 18 heteroatoms. The van der Waals surface area contributed by atoms with Crippen LogP contribution in [0.5, 0.6) is 0 Å². The van der Waals surface area contributed by atoms with Crippen LogP contribution in [0, 0.1) is 38.9 Å². The molecular weight excluding hydrogens is 852 g/mol. The third-order valence-corrected chi connectivity index (χ3v) is 19.6. The van der Waals surface area contributed by atoms with Gasteiger partial charge in [-0.2, -0.15) is 0 Å². The van der Waals surface area contributed by atoms with E-state index in [1.807, 2.05) is 6.92 Å². The number of rotatable bonds is 7. The zero-order valence-electron chi connectivity index (χ0n) is 38.9. The molecule has 10 aliphatic rings. The minimum Gasteiger partial charge on any atom is -0.455 e. The van der Waals surface area contributed by atoms with Crippen LogP contribution in [-0.2, 0) is 38.0 Å². The van der Waals surface area contributed by atoms with Crippen molar-refractivity contribution in [2.45, 2.75) is 223 Å². The summed E-state index contributed by atoms with van der Waals surface area (Å²) in [6.07, 6.45) is -17.1. The Hall–Kier alpha value is -1.43. The Morgan fingerprint density at radius 2 is 1.31 bits per heavy atom. The lowest BCUT2D eigenvalue weighted by Crippen LogP contribution is -2.72. The van der Waals surface area contributed by atoms with Gasteiger partial charge < -0.3 is 84.2 Å². The van der Waals surface area contributed by atoms with E-state index >= 15 is 0 Å². The van der Waals surface area contributed by atoms with E-state index in [9.17, 15) is 55.9 Å². The fourth-order valence-corrected chi connectivity index (χ4v) is 15.5. The van der Waals surface area contributed by atoms with Crippen LogP contribution in [0.3, 0.4) is 0 Å². The Labute approximate surface area is 380 Å². The van der Waals surface area contributed by atoms with Gasteiger partial charge in [0.1, 0.15) is 72.2 Å². The molecule has 4 saturated carbocycles. The fourth-order valence-electron chi connectivity index (χ4n) is 15.5. The summed E-state index contributed by atoms with van der Waals surface area (Å²) in [4.78, 5) is 13.8. The molecule has 370 valence electrons. The summed E-state index contributed by atoms with van der Waals surface area (Å²) in [6.45, 7) is 15.2. The normalized spacial score (nSPS) is 57.4. The van der Waals surface area contributed by atoms with Crippen molar-refractivity contribution in [2.24, 2.45) is 38.9 Å². The molecule has 0 aromatic heterocycles. The second-order valence-electron chi connectivity index (χ2n) is 23.1. The maximum absolute atomic E-state index is 13.8. The maximum Gasteiger partial charge on any atom is 0.316 e. The molecule has 24 atom stereocenters. The number of fused-ring (bicyclic) bond motifs is 7.